The van der Waals surface area contributed by atoms with Crippen molar-refractivity contribution in [3.05, 3.63) is 29.6 Å². The Morgan fingerprint density at radius 3 is 2.47 bits per heavy atom. The van der Waals surface area contributed by atoms with Gasteiger partial charge in [0, 0.05) is 18.8 Å². The van der Waals surface area contributed by atoms with Gasteiger partial charge in [0.2, 0.25) is 5.91 Å². The molecule has 0 aliphatic heterocycles. The van der Waals surface area contributed by atoms with Crippen LogP contribution < -0.4 is 16.8 Å². The molecule has 0 saturated heterocycles. The Balaban J connectivity index is 2.69. The average Bonchev–Trinajstić information content (AvgIpc) is 2.37. The highest BCUT2D eigenvalue weighted by atomic mass is 16.2. The van der Waals surface area contributed by atoms with Gasteiger partial charge in [-0.2, -0.15) is 0 Å². The molecule has 0 spiro atoms. The van der Waals surface area contributed by atoms with Gasteiger partial charge in [0.05, 0.1) is 5.56 Å². The lowest BCUT2D eigenvalue weighted by atomic mass is 10.0. The lowest BCUT2D eigenvalue weighted by Gasteiger charge is -2.18. The first kappa shape index (κ1) is 15.1. The number of pyridine rings is 1. The van der Waals surface area contributed by atoms with Crippen molar-refractivity contribution in [2.75, 3.05) is 6.54 Å². The summed E-state index contributed by atoms with van der Waals surface area (Å²) in [6.07, 6.45) is 2.10. The largest absolute Gasteiger partial charge is 0.366 e. The molecule has 1 rings (SSSR count). The van der Waals surface area contributed by atoms with E-state index in [0.717, 1.165) is 6.42 Å². The van der Waals surface area contributed by atoms with E-state index in [1.54, 1.807) is 0 Å². The monoisotopic (exact) mass is 264 g/mol. The highest BCUT2D eigenvalue weighted by Crippen LogP contribution is 2.05. The van der Waals surface area contributed by atoms with Crippen LogP contribution in [0.15, 0.2) is 18.3 Å². The molecule has 1 heterocycles. The minimum atomic E-state index is -0.570. The van der Waals surface area contributed by atoms with Crippen LogP contribution in [0.2, 0.25) is 0 Å². The third kappa shape index (κ3) is 4.67. The predicted molar refractivity (Wildman–Crippen MR) is 72.5 cm³/mol. The zero-order valence-corrected chi connectivity index (χ0v) is 11.2. The first-order valence-electron chi connectivity index (χ1n) is 6.20. The molecule has 104 valence electrons. The molecule has 0 aliphatic rings. The van der Waals surface area contributed by atoms with Crippen LogP contribution in [0.3, 0.4) is 0 Å². The number of hydrogen-bond acceptors (Lipinski definition) is 4. The van der Waals surface area contributed by atoms with Crippen molar-refractivity contribution in [1.82, 2.24) is 10.3 Å². The first-order valence-corrected chi connectivity index (χ1v) is 6.20. The van der Waals surface area contributed by atoms with Crippen molar-refractivity contribution >= 4 is 11.8 Å². The number of nitrogens with one attached hydrogen (secondary N) is 1. The van der Waals surface area contributed by atoms with Gasteiger partial charge in [0.1, 0.15) is 5.69 Å². The molecular formula is C13H20N4O2. The van der Waals surface area contributed by atoms with E-state index in [4.69, 9.17) is 11.5 Å². The van der Waals surface area contributed by atoms with Gasteiger partial charge in [0.15, 0.2) is 0 Å². The Morgan fingerprint density at radius 2 is 2.05 bits per heavy atom. The Bertz CT molecular complexity index is 442. The van der Waals surface area contributed by atoms with Gasteiger partial charge in [-0.15, -0.1) is 0 Å². The second kappa shape index (κ2) is 6.84. The van der Waals surface area contributed by atoms with Crippen LogP contribution in [-0.2, 0) is 0 Å². The van der Waals surface area contributed by atoms with Crippen molar-refractivity contribution in [2.24, 2.45) is 17.4 Å². The fraction of sp³-hybridized carbons (Fsp3) is 0.462. The molecule has 1 atom stereocenters. The zero-order valence-electron chi connectivity index (χ0n) is 11.2. The molecule has 2 amide bonds. The minimum absolute atomic E-state index is 0.0786. The van der Waals surface area contributed by atoms with Gasteiger partial charge in [0.25, 0.3) is 5.91 Å². The summed E-state index contributed by atoms with van der Waals surface area (Å²) < 4.78 is 0. The van der Waals surface area contributed by atoms with Crippen LogP contribution in [0.5, 0.6) is 0 Å². The van der Waals surface area contributed by atoms with E-state index in [1.807, 2.05) is 0 Å². The van der Waals surface area contributed by atoms with Crippen molar-refractivity contribution in [1.29, 1.82) is 0 Å². The van der Waals surface area contributed by atoms with Gasteiger partial charge >= 0.3 is 0 Å². The third-order valence-corrected chi connectivity index (χ3v) is 2.66. The molecule has 1 unspecified atom stereocenters. The quantitative estimate of drug-likeness (QED) is 0.685. The second-order valence-corrected chi connectivity index (χ2v) is 4.83. The van der Waals surface area contributed by atoms with Gasteiger partial charge in [-0.25, -0.2) is 0 Å². The van der Waals surface area contributed by atoms with Crippen LogP contribution in [-0.4, -0.2) is 29.4 Å². The Morgan fingerprint density at radius 1 is 1.37 bits per heavy atom. The van der Waals surface area contributed by atoms with E-state index in [0.29, 0.717) is 12.5 Å². The van der Waals surface area contributed by atoms with Crippen molar-refractivity contribution in [3.8, 4) is 0 Å². The molecule has 0 aliphatic carbocycles. The molecular weight excluding hydrogens is 244 g/mol. The molecule has 0 radical (unpaired) electrons. The zero-order chi connectivity index (χ0) is 14.4. The molecule has 6 heteroatoms. The van der Waals surface area contributed by atoms with Gasteiger partial charge in [-0.05, 0) is 24.5 Å². The summed E-state index contributed by atoms with van der Waals surface area (Å²) in [4.78, 5) is 26.7. The lowest BCUT2D eigenvalue weighted by molar-refractivity contribution is 0.0926. The second-order valence-electron chi connectivity index (χ2n) is 4.83. The highest BCUT2D eigenvalue weighted by molar-refractivity contribution is 5.95. The molecule has 0 fully saturated rings. The SMILES string of the molecule is CC(C)CC(CN)NC(=O)c1ccc(C(N)=O)cn1. The number of nitrogens with two attached hydrogens (primary N) is 2. The van der Waals surface area contributed by atoms with Crippen LogP contribution in [0, 0.1) is 5.92 Å². The van der Waals surface area contributed by atoms with E-state index in [9.17, 15) is 9.59 Å². The lowest BCUT2D eigenvalue weighted by Crippen LogP contribution is -2.41. The van der Waals surface area contributed by atoms with E-state index in [-0.39, 0.29) is 23.2 Å². The number of primary amides is 1. The number of nitrogens with zero attached hydrogens (tertiary/aromatic N) is 1. The molecule has 0 saturated carbocycles. The average molecular weight is 264 g/mol. The Kier molecular flexibility index (Phi) is 5.44. The Hall–Kier alpha value is -1.95. The molecule has 0 aromatic carbocycles. The number of amides is 2. The summed E-state index contributed by atoms with van der Waals surface area (Å²) in [5.41, 5.74) is 11.2. The predicted octanol–water partition coefficient (Wildman–Crippen LogP) is 0.284. The Labute approximate surface area is 112 Å². The van der Waals surface area contributed by atoms with Crippen molar-refractivity contribution in [3.63, 3.8) is 0 Å². The van der Waals surface area contributed by atoms with E-state index < -0.39 is 5.91 Å². The fourth-order valence-corrected chi connectivity index (χ4v) is 1.72. The van der Waals surface area contributed by atoms with Crippen LogP contribution in [0.25, 0.3) is 0 Å². The number of carbonyl (C=O) groups excluding carboxylic acids is 2. The molecule has 1 aromatic heterocycles. The molecule has 6 nitrogen and oxygen atoms in total. The fourth-order valence-electron chi connectivity index (χ4n) is 1.72. The normalized spacial score (nSPS) is 12.2. The summed E-state index contributed by atoms with van der Waals surface area (Å²) in [6, 6.07) is 2.87. The maximum absolute atomic E-state index is 11.9. The standard InChI is InChI=1S/C13H20N4O2/c1-8(2)5-10(6-14)17-13(19)11-4-3-9(7-16-11)12(15)18/h3-4,7-8,10H,5-6,14H2,1-2H3,(H2,15,18)(H,17,19). The maximum Gasteiger partial charge on any atom is 0.270 e. The smallest absolute Gasteiger partial charge is 0.270 e. The van der Waals surface area contributed by atoms with Gasteiger partial charge in [-0.1, -0.05) is 13.8 Å². The van der Waals surface area contributed by atoms with E-state index in [2.05, 4.69) is 24.1 Å². The van der Waals surface area contributed by atoms with Crippen molar-refractivity contribution in [2.45, 2.75) is 26.3 Å². The molecule has 1 aromatic rings. The number of aromatic nitrogens is 1. The van der Waals surface area contributed by atoms with E-state index >= 15 is 0 Å². The molecule has 0 bridgehead atoms. The van der Waals surface area contributed by atoms with Crippen LogP contribution in [0.4, 0.5) is 0 Å². The van der Waals surface area contributed by atoms with Gasteiger partial charge < -0.3 is 16.8 Å². The maximum atomic E-state index is 11.9. The first-order chi connectivity index (χ1) is 8.93. The van der Waals surface area contributed by atoms with Crippen LogP contribution >= 0.6 is 0 Å². The summed E-state index contributed by atoms with van der Waals surface area (Å²) >= 11 is 0. The summed E-state index contributed by atoms with van der Waals surface area (Å²) in [5, 5.41) is 2.82. The highest BCUT2D eigenvalue weighted by Gasteiger charge is 2.15. The molecule has 5 N–H and O–H groups in total. The number of hydrogen-bond donors (Lipinski definition) is 3. The van der Waals surface area contributed by atoms with E-state index in [1.165, 1.54) is 18.3 Å². The summed E-state index contributed by atoms with van der Waals surface area (Å²) in [5.74, 6) is -0.426. The van der Waals surface area contributed by atoms with Crippen LogP contribution in [0.1, 0.15) is 41.1 Å². The third-order valence-electron chi connectivity index (χ3n) is 2.66. The molecule has 19 heavy (non-hydrogen) atoms. The van der Waals surface area contributed by atoms with Crippen molar-refractivity contribution < 1.29 is 9.59 Å². The summed E-state index contributed by atoms with van der Waals surface area (Å²) in [7, 11) is 0. The number of rotatable bonds is 6. The minimum Gasteiger partial charge on any atom is -0.366 e. The number of carbonyl (C=O) groups is 2. The topological polar surface area (TPSA) is 111 Å². The summed E-state index contributed by atoms with van der Waals surface area (Å²) in [6.45, 7) is 4.51. The van der Waals surface area contributed by atoms with Gasteiger partial charge in [-0.3, -0.25) is 14.6 Å².